The minimum Gasteiger partial charge on any atom is -0.496 e. The van der Waals surface area contributed by atoms with Crippen LogP contribution in [0.3, 0.4) is 0 Å². The number of carbonyl (C=O) groups is 2. The molecule has 2 aliphatic heterocycles. The minimum atomic E-state index is -0.273. The maximum absolute atomic E-state index is 13.2. The molecule has 148 valence electrons. The number of fused-ring (bicyclic) bond motifs is 1. The summed E-state index contributed by atoms with van der Waals surface area (Å²) in [5, 5.41) is 0. The Morgan fingerprint density at radius 1 is 1.04 bits per heavy atom. The quantitative estimate of drug-likeness (QED) is 0.754. The Kier molecular flexibility index (Phi) is 5.34. The molecule has 1 aromatic heterocycles. The second-order valence-corrected chi connectivity index (χ2v) is 7.03. The zero-order valence-corrected chi connectivity index (χ0v) is 16.0. The number of benzene rings is 1. The van der Waals surface area contributed by atoms with E-state index in [2.05, 4.69) is 4.57 Å². The molecule has 3 heterocycles. The van der Waals surface area contributed by atoms with Crippen molar-refractivity contribution in [2.24, 2.45) is 0 Å². The molecule has 0 aliphatic carbocycles. The van der Waals surface area contributed by atoms with E-state index >= 15 is 0 Å². The monoisotopic (exact) mass is 383 g/mol. The van der Waals surface area contributed by atoms with Crippen LogP contribution in [0.2, 0.25) is 0 Å². The number of ether oxygens (including phenoxy) is 2. The molecule has 2 aromatic rings. The molecule has 1 aromatic carbocycles. The molecule has 0 unspecified atom stereocenters. The number of hydrogen-bond acceptors (Lipinski definition) is 4. The van der Waals surface area contributed by atoms with Gasteiger partial charge in [0.25, 0.3) is 0 Å². The molecule has 4 rings (SSSR count). The third-order valence-electron chi connectivity index (χ3n) is 5.46. The molecule has 0 N–H and O–H groups in total. The average Bonchev–Trinajstić information content (AvgIpc) is 3.22. The van der Waals surface area contributed by atoms with Crippen molar-refractivity contribution in [1.82, 2.24) is 14.4 Å². The average molecular weight is 383 g/mol. The van der Waals surface area contributed by atoms with Crippen molar-refractivity contribution in [2.75, 3.05) is 40.0 Å². The van der Waals surface area contributed by atoms with E-state index in [-0.39, 0.29) is 24.3 Å². The van der Waals surface area contributed by atoms with E-state index in [1.54, 1.807) is 12.0 Å². The zero-order valence-electron chi connectivity index (χ0n) is 16.0. The van der Waals surface area contributed by atoms with E-state index in [0.717, 1.165) is 17.0 Å². The molecule has 1 saturated heterocycles. The fourth-order valence-electron chi connectivity index (χ4n) is 4.03. The third kappa shape index (κ3) is 3.49. The van der Waals surface area contributed by atoms with Gasteiger partial charge in [0, 0.05) is 43.6 Å². The van der Waals surface area contributed by atoms with E-state index in [1.807, 2.05) is 47.5 Å². The lowest BCUT2D eigenvalue weighted by atomic mass is 9.98. The molecule has 0 saturated carbocycles. The van der Waals surface area contributed by atoms with Crippen LogP contribution in [-0.4, -0.2) is 66.1 Å². The predicted molar refractivity (Wildman–Crippen MR) is 103 cm³/mol. The lowest BCUT2D eigenvalue weighted by Gasteiger charge is -2.38. The first kappa shape index (κ1) is 18.6. The molecule has 1 atom stereocenters. The summed E-state index contributed by atoms with van der Waals surface area (Å²) in [6, 6.07) is 11.5. The number of hydrogen-bond donors (Lipinski definition) is 0. The standard InChI is InChI=1S/C21H25N3O4/c1-27-18-7-3-2-5-16(18)21-17-6-4-8-22(17)9-10-24(21)20(26)15-19(25)23-11-13-28-14-12-23/h2-8,21H,9-15H2,1H3/t21-/m1/s1. The van der Waals surface area contributed by atoms with Crippen molar-refractivity contribution >= 4 is 11.8 Å². The molecular weight excluding hydrogens is 358 g/mol. The number of aromatic nitrogens is 1. The van der Waals surface area contributed by atoms with Crippen molar-refractivity contribution in [3.63, 3.8) is 0 Å². The maximum Gasteiger partial charge on any atom is 0.232 e. The number of methoxy groups -OCH3 is 1. The largest absolute Gasteiger partial charge is 0.496 e. The van der Waals surface area contributed by atoms with E-state index in [1.165, 1.54) is 0 Å². The SMILES string of the molecule is COc1ccccc1[C@@H]1c2cccn2CCN1C(=O)CC(=O)N1CCOCC1. The van der Waals surface area contributed by atoms with Gasteiger partial charge in [0.05, 0.1) is 20.3 Å². The number of rotatable bonds is 4. The molecular formula is C21H25N3O4. The van der Waals surface area contributed by atoms with Gasteiger partial charge in [-0.05, 0) is 18.2 Å². The molecule has 7 heteroatoms. The lowest BCUT2D eigenvalue weighted by molar-refractivity contribution is -0.144. The van der Waals surface area contributed by atoms with Crippen LogP contribution in [-0.2, 0) is 20.9 Å². The van der Waals surface area contributed by atoms with Crippen LogP contribution < -0.4 is 4.74 Å². The molecule has 2 amide bonds. The van der Waals surface area contributed by atoms with Crippen molar-refractivity contribution in [2.45, 2.75) is 19.0 Å². The Morgan fingerprint density at radius 2 is 1.82 bits per heavy atom. The first-order valence-corrected chi connectivity index (χ1v) is 9.62. The second kappa shape index (κ2) is 8.06. The van der Waals surface area contributed by atoms with Gasteiger partial charge in [-0.15, -0.1) is 0 Å². The van der Waals surface area contributed by atoms with Crippen molar-refractivity contribution < 1.29 is 19.1 Å². The number of carbonyl (C=O) groups excluding carboxylic acids is 2. The van der Waals surface area contributed by atoms with Crippen LogP contribution in [0.4, 0.5) is 0 Å². The Morgan fingerprint density at radius 3 is 2.61 bits per heavy atom. The zero-order chi connectivity index (χ0) is 19.5. The van der Waals surface area contributed by atoms with Crippen LogP contribution in [0, 0.1) is 0 Å². The molecule has 7 nitrogen and oxygen atoms in total. The van der Waals surface area contributed by atoms with E-state index in [4.69, 9.17) is 9.47 Å². The highest BCUT2D eigenvalue weighted by Crippen LogP contribution is 2.37. The summed E-state index contributed by atoms with van der Waals surface area (Å²) in [6.45, 7) is 3.42. The summed E-state index contributed by atoms with van der Waals surface area (Å²) in [4.78, 5) is 29.3. The van der Waals surface area contributed by atoms with Gasteiger partial charge in [0.1, 0.15) is 18.2 Å². The Bertz CT molecular complexity index is 857. The van der Waals surface area contributed by atoms with Crippen molar-refractivity contribution in [3.8, 4) is 5.75 Å². The van der Waals surface area contributed by atoms with Crippen LogP contribution in [0.25, 0.3) is 0 Å². The van der Waals surface area contributed by atoms with E-state index in [0.29, 0.717) is 39.4 Å². The second-order valence-electron chi connectivity index (χ2n) is 7.03. The van der Waals surface area contributed by atoms with Gasteiger partial charge in [-0.25, -0.2) is 0 Å². The maximum atomic E-state index is 13.2. The van der Waals surface area contributed by atoms with E-state index in [9.17, 15) is 9.59 Å². The van der Waals surface area contributed by atoms with E-state index < -0.39 is 0 Å². The first-order chi connectivity index (χ1) is 13.7. The number of nitrogens with zero attached hydrogens (tertiary/aromatic N) is 3. The van der Waals surface area contributed by atoms with Gasteiger partial charge in [-0.1, -0.05) is 18.2 Å². The highest BCUT2D eigenvalue weighted by Gasteiger charge is 2.35. The summed E-state index contributed by atoms with van der Waals surface area (Å²) in [7, 11) is 1.63. The third-order valence-corrected chi connectivity index (χ3v) is 5.46. The Balaban J connectivity index is 1.61. The van der Waals surface area contributed by atoms with Crippen LogP contribution in [0.5, 0.6) is 5.75 Å². The summed E-state index contributed by atoms with van der Waals surface area (Å²) in [6.07, 6.45) is 1.91. The van der Waals surface area contributed by atoms with Gasteiger partial charge in [0.2, 0.25) is 11.8 Å². The molecule has 0 radical (unpaired) electrons. The number of amides is 2. The molecule has 2 aliphatic rings. The van der Waals surface area contributed by atoms with Crippen LogP contribution >= 0.6 is 0 Å². The normalized spacial score (nSPS) is 19.2. The Labute approximate surface area is 164 Å². The van der Waals surface area contributed by atoms with Gasteiger partial charge in [0.15, 0.2) is 0 Å². The topological polar surface area (TPSA) is 64.0 Å². The van der Waals surface area contributed by atoms with Crippen LogP contribution in [0.1, 0.15) is 23.7 Å². The smallest absolute Gasteiger partial charge is 0.232 e. The summed E-state index contributed by atoms with van der Waals surface area (Å²) >= 11 is 0. The van der Waals surface area contributed by atoms with Crippen LogP contribution in [0.15, 0.2) is 42.6 Å². The lowest BCUT2D eigenvalue weighted by Crippen LogP contribution is -2.46. The predicted octanol–water partition coefficient (Wildman–Crippen LogP) is 1.68. The van der Waals surface area contributed by atoms with Gasteiger partial charge < -0.3 is 23.8 Å². The minimum absolute atomic E-state index is 0.119. The Hall–Kier alpha value is -2.80. The molecule has 0 spiro atoms. The summed E-state index contributed by atoms with van der Waals surface area (Å²) in [5.41, 5.74) is 1.96. The van der Waals surface area contributed by atoms with Crippen molar-refractivity contribution in [1.29, 1.82) is 0 Å². The highest BCUT2D eigenvalue weighted by atomic mass is 16.5. The van der Waals surface area contributed by atoms with Crippen molar-refractivity contribution in [3.05, 3.63) is 53.9 Å². The van der Waals surface area contributed by atoms with Gasteiger partial charge in [-0.2, -0.15) is 0 Å². The fraction of sp³-hybridized carbons (Fsp3) is 0.429. The highest BCUT2D eigenvalue weighted by molar-refractivity contribution is 5.97. The first-order valence-electron chi connectivity index (χ1n) is 9.62. The fourth-order valence-corrected chi connectivity index (χ4v) is 4.03. The molecule has 28 heavy (non-hydrogen) atoms. The summed E-state index contributed by atoms with van der Waals surface area (Å²) in [5.74, 6) is 0.451. The molecule has 0 bridgehead atoms. The molecule has 1 fully saturated rings. The number of morpholine rings is 1. The van der Waals surface area contributed by atoms with Gasteiger partial charge in [-0.3, -0.25) is 9.59 Å². The van der Waals surface area contributed by atoms with Gasteiger partial charge >= 0.3 is 0 Å². The number of para-hydroxylation sites is 1. The summed E-state index contributed by atoms with van der Waals surface area (Å²) < 4.78 is 13.0.